The SMILES string of the molecule is C=CC(=C)CCNC(=O)CN1CCOCC1. The second kappa shape index (κ2) is 7.19. The van der Waals surface area contributed by atoms with Crippen LogP contribution in [0, 0.1) is 0 Å². The van der Waals surface area contributed by atoms with Crippen molar-refractivity contribution in [3.05, 3.63) is 24.8 Å². The van der Waals surface area contributed by atoms with Crippen molar-refractivity contribution in [3.8, 4) is 0 Å². The first-order chi connectivity index (χ1) is 7.72. The Kier molecular flexibility index (Phi) is 5.82. The zero-order valence-corrected chi connectivity index (χ0v) is 9.71. The molecule has 0 aromatic heterocycles. The highest BCUT2D eigenvalue weighted by Gasteiger charge is 2.13. The molecule has 90 valence electrons. The van der Waals surface area contributed by atoms with Crippen LogP contribution in [0.3, 0.4) is 0 Å². The van der Waals surface area contributed by atoms with Gasteiger partial charge in [-0.15, -0.1) is 0 Å². The lowest BCUT2D eigenvalue weighted by atomic mass is 10.2. The van der Waals surface area contributed by atoms with Crippen molar-refractivity contribution in [1.82, 2.24) is 10.2 Å². The number of carbonyl (C=O) groups excluding carboxylic acids is 1. The van der Waals surface area contributed by atoms with E-state index in [0.29, 0.717) is 13.1 Å². The highest BCUT2D eigenvalue weighted by molar-refractivity contribution is 5.78. The van der Waals surface area contributed by atoms with Crippen molar-refractivity contribution in [2.45, 2.75) is 6.42 Å². The number of carbonyl (C=O) groups is 1. The fourth-order valence-corrected chi connectivity index (χ4v) is 1.48. The van der Waals surface area contributed by atoms with Gasteiger partial charge in [-0.25, -0.2) is 0 Å². The third-order valence-corrected chi connectivity index (χ3v) is 2.53. The summed E-state index contributed by atoms with van der Waals surface area (Å²) < 4.78 is 5.21. The van der Waals surface area contributed by atoms with Gasteiger partial charge in [0.2, 0.25) is 5.91 Å². The average molecular weight is 224 g/mol. The van der Waals surface area contributed by atoms with Crippen LogP contribution in [-0.2, 0) is 9.53 Å². The minimum absolute atomic E-state index is 0.0683. The molecular formula is C12H20N2O2. The van der Waals surface area contributed by atoms with E-state index in [-0.39, 0.29) is 5.91 Å². The van der Waals surface area contributed by atoms with Crippen LogP contribution in [0.2, 0.25) is 0 Å². The molecule has 0 aliphatic carbocycles. The Morgan fingerprint density at radius 2 is 2.12 bits per heavy atom. The van der Waals surface area contributed by atoms with Crippen molar-refractivity contribution < 1.29 is 9.53 Å². The van der Waals surface area contributed by atoms with Gasteiger partial charge < -0.3 is 10.1 Å². The Bertz CT molecular complexity index is 258. The van der Waals surface area contributed by atoms with Crippen molar-refractivity contribution in [1.29, 1.82) is 0 Å². The molecule has 1 N–H and O–H groups in total. The minimum atomic E-state index is 0.0683. The fourth-order valence-electron chi connectivity index (χ4n) is 1.48. The highest BCUT2D eigenvalue weighted by Crippen LogP contribution is 1.97. The third-order valence-electron chi connectivity index (χ3n) is 2.53. The monoisotopic (exact) mass is 224 g/mol. The van der Waals surface area contributed by atoms with Crippen molar-refractivity contribution in [3.63, 3.8) is 0 Å². The summed E-state index contributed by atoms with van der Waals surface area (Å²) in [5.41, 5.74) is 0.951. The summed E-state index contributed by atoms with van der Waals surface area (Å²) in [6.45, 7) is 11.6. The van der Waals surface area contributed by atoms with Crippen LogP contribution >= 0.6 is 0 Å². The molecule has 1 rings (SSSR count). The Balaban J connectivity index is 2.10. The van der Waals surface area contributed by atoms with Crippen LogP contribution < -0.4 is 5.32 Å². The van der Waals surface area contributed by atoms with Gasteiger partial charge >= 0.3 is 0 Å². The topological polar surface area (TPSA) is 41.6 Å². The molecule has 1 heterocycles. The third kappa shape index (κ3) is 5.09. The molecule has 0 aromatic carbocycles. The summed E-state index contributed by atoms with van der Waals surface area (Å²) in [7, 11) is 0. The Labute approximate surface area is 97.0 Å². The van der Waals surface area contributed by atoms with Gasteiger partial charge in [-0.3, -0.25) is 9.69 Å². The van der Waals surface area contributed by atoms with E-state index in [2.05, 4.69) is 23.4 Å². The normalized spacial score (nSPS) is 16.8. The number of rotatable bonds is 6. The van der Waals surface area contributed by atoms with E-state index in [1.165, 1.54) is 0 Å². The van der Waals surface area contributed by atoms with Gasteiger partial charge in [0.15, 0.2) is 0 Å². The predicted molar refractivity (Wildman–Crippen MR) is 64.2 cm³/mol. The van der Waals surface area contributed by atoms with Crippen molar-refractivity contribution >= 4 is 5.91 Å². The molecule has 16 heavy (non-hydrogen) atoms. The number of amides is 1. The largest absolute Gasteiger partial charge is 0.379 e. The minimum Gasteiger partial charge on any atom is -0.379 e. The number of allylic oxidation sites excluding steroid dienone is 1. The number of ether oxygens (including phenoxy) is 1. The van der Waals surface area contributed by atoms with E-state index in [1.54, 1.807) is 6.08 Å². The maximum atomic E-state index is 11.5. The zero-order chi connectivity index (χ0) is 11.8. The average Bonchev–Trinajstić information content (AvgIpc) is 2.30. The van der Waals surface area contributed by atoms with Crippen LogP contribution in [0.5, 0.6) is 0 Å². The van der Waals surface area contributed by atoms with Crippen molar-refractivity contribution in [2.24, 2.45) is 0 Å². The number of hydrogen-bond donors (Lipinski definition) is 1. The smallest absolute Gasteiger partial charge is 0.234 e. The molecular weight excluding hydrogens is 204 g/mol. The summed E-state index contributed by atoms with van der Waals surface area (Å²) in [5.74, 6) is 0.0683. The number of nitrogens with zero attached hydrogens (tertiary/aromatic N) is 1. The van der Waals surface area contributed by atoms with Gasteiger partial charge in [0.05, 0.1) is 19.8 Å². The fraction of sp³-hybridized carbons (Fsp3) is 0.583. The molecule has 1 saturated heterocycles. The van der Waals surface area contributed by atoms with Crippen LogP contribution in [0.15, 0.2) is 24.8 Å². The van der Waals surface area contributed by atoms with Crippen LogP contribution in [0.4, 0.5) is 0 Å². The Hall–Kier alpha value is -1.13. The lowest BCUT2D eigenvalue weighted by Gasteiger charge is -2.25. The molecule has 4 heteroatoms. The van der Waals surface area contributed by atoms with Gasteiger partial charge in [0.25, 0.3) is 0 Å². The number of hydrogen-bond acceptors (Lipinski definition) is 3. The molecule has 1 aliphatic rings. The molecule has 4 nitrogen and oxygen atoms in total. The van der Waals surface area contributed by atoms with Crippen LogP contribution in [0.1, 0.15) is 6.42 Å². The first kappa shape index (κ1) is 12.9. The number of nitrogens with one attached hydrogen (secondary N) is 1. The first-order valence-corrected chi connectivity index (χ1v) is 5.59. The summed E-state index contributed by atoms with van der Waals surface area (Å²) in [5, 5.41) is 2.87. The molecule has 1 fully saturated rings. The summed E-state index contributed by atoms with van der Waals surface area (Å²) in [6, 6.07) is 0. The van der Waals surface area contributed by atoms with E-state index in [4.69, 9.17) is 4.74 Å². The molecule has 0 aromatic rings. The molecule has 0 unspecified atom stereocenters. The Morgan fingerprint density at radius 3 is 2.75 bits per heavy atom. The zero-order valence-electron chi connectivity index (χ0n) is 9.71. The highest BCUT2D eigenvalue weighted by atomic mass is 16.5. The first-order valence-electron chi connectivity index (χ1n) is 5.59. The van der Waals surface area contributed by atoms with E-state index < -0.39 is 0 Å². The van der Waals surface area contributed by atoms with E-state index in [9.17, 15) is 4.79 Å². The lowest BCUT2D eigenvalue weighted by molar-refractivity contribution is -0.123. The second-order valence-corrected chi connectivity index (χ2v) is 3.85. The predicted octanol–water partition coefficient (Wildman–Crippen LogP) is 0.567. The van der Waals surface area contributed by atoms with Crippen LogP contribution in [-0.4, -0.2) is 50.2 Å². The maximum Gasteiger partial charge on any atom is 0.234 e. The standard InChI is InChI=1S/C12H20N2O2/c1-3-11(2)4-5-13-12(15)10-14-6-8-16-9-7-14/h3H,1-2,4-10H2,(H,13,15). The van der Waals surface area contributed by atoms with Crippen LogP contribution in [0.25, 0.3) is 0 Å². The quantitative estimate of drug-likeness (QED) is 0.671. The molecule has 0 atom stereocenters. The molecule has 0 spiro atoms. The van der Waals surface area contributed by atoms with Crippen molar-refractivity contribution in [2.75, 3.05) is 39.4 Å². The van der Waals surface area contributed by atoms with Gasteiger partial charge in [0.1, 0.15) is 0 Å². The maximum absolute atomic E-state index is 11.5. The van der Waals surface area contributed by atoms with Gasteiger partial charge in [0, 0.05) is 19.6 Å². The van der Waals surface area contributed by atoms with Gasteiger partial charge in [-0.1, -0.05) is 24.8 Å². The lowest BCUT2D eigenvalue weighted by Crippen LogP contribution is -2.43. The molecule has 0 radical (unpaired) electrons. The van der Waals surface area contributed by atoms with E-state index >= 15 is 0 Å². The second-order valence-electron chi connectivity index (χ2n) is 3.85. The molecule has 1 amide bonds. The van der Waals surface area contributed by atoms with Gasteiger partial charge in [-0.2, -0.15) is 0 Å². The number of morpholine rings is 1. The molecule has 0 saturated carbocycles. The van der Waals surface area contributed by atoms with E-state index in [0.717, 1.165) is 38.3 Å². The summed E-state index contributed by atoms with van der Waals surface area (Å²) in [4.78, 5) is 13.6. The molecule has 1 aliphatic heterocycles. The molecule has 0 bridgehead atoms. The Morgan fingerprint density at radius 1 is 1.44 bits per heavy atom. The van der Waals surface area contributed by atoms with E-state index in [1.807, 2.05) is 0 Å². The summed E-state index contributed by atoms with van der Waals surface area (Å²) >= 11 is 0. The summed E-state index contributed by atoms with van der Waals surface area (Å²) in [6.07, 6.45) is 2.48. The van der Waals surface area contributed by atoms with Gasteiger partial charge in [-0.05, 0) is 6.42 Å².